The average Bonchev–Trinajstić information content (AvgIpc) is 2.20. The maximum Gasteiger partial charge on any atom is 0.0618 e. The number of hydrogen-bond donors (Lipinski definition) is 1. The molecule has 1 atom stereocenters. The fourth-order valence-corrected chi connectivity index (χ4v) is 1.33. The smallest absolute Gasteiger partial charge is 0.0618 e. The molecule has 16 heavy (non-hydrogen) atoms. The third kappa shape index (κ3) is 9.09. The number of nitrogens with one attached hydrogen (secondary N) is 1. The minimum absolute atomic E-state index is 0.419. The second-order valence-electron chi connectivity index (χ2n) is 4.68. The van der Waals surface area contributed by atoms with Gasteiger partial charge >= 0.3 is 0 Å². The number of rotatable bonds is 10. The quantitative estimate of drug-likeness (QED) is 0.566. The fourth-order valence-electron chi connectivity index (χ4n) is 1.33. The molecule has 0 aromatic heterocycles. The predicted octanol–water partition coefficient (Wildman–Crippen LogP) is 0.825. The Hall–Kier alpha value is -0.160. The highest BCUT2D eigenvalue weighted by molar-refractivity contribution is 4.69. The van der Waals surface area contributed by atoms with Gasteiger partial charge in [-0.05, 0) is 20.0 Å². The first-order valence-corrected chi connectivity index (χ1v) is 6.02. The summed E-state index contributed by atoms with van der Waals surface area (Å²) in [5, 5.41) is 3.44. The van der Waals surface area contributed by atoms with Gasteiger partial charge in [0, 0.05) is 26.2 Å². The van der Waals surface area contributed by atoms with Crippen LogP contribution in [0.4, 0.5) is 0 Å². The van der Waals surface area contributed by atoms with Crippen LogP contribution in [0.3, 0.4) is 0 Å². The Bertz CT molecular complexity index is 152. The van der Waals surface area contributed by atoms with Crippen LogP contribution >= 0.6 is 0 Å². The van der Waals surface area contributed by atoms with Gasteiger partial charge in [0.25, 0.3) is 0 Å². The van der Waals surface area contributed by atoms with Gasteiger partial charge in [-0.1, -0.05) is 13.8 Å². The van der Waals surface area contributed by atoms with Crippen LogP contribution in [0, 0.1) is 5.92 Å². The van der Waals surface area contributed by atoms with Gasteiger partial charge in [0.2, 0.25) is 0 Å². The van der Waals surface area contributed by atoms with E-state index in [1.165, 1.54) is 0 Å². The first-order valence-electron chi connectivity index (χ1n) is 6.02. The highest BCUT2D eigenvalue weighted by Crippen LogP contribution is 2.01. The lowest BCUT2D eigenvalue weighted by Crippen LogP contribution is -2.39. The van der Waals surface area contributed by atoms with E-state index in [0.717, 1.165) is 32.9 Å². The lowest BCUT2D eigenvalue weighted by molar-refractivity contribution is 0.105. The molecule has 0 radical (unpaired) electrons. The number of likely N-dealkylation sites (N-methyl/N-ethyl adjacent to an activating group) is 1. The zero-order chi connectivity index (χ0) is 12.4. The van der Waals surface area contributed by atoms with Crippen molar-refractivity contribution in [2.24, 2.45) is 5.92 Å². The SMILES string of the molecule is COCC(NCCOCCN(C)C)C(C)C. The van der Waals surface area contributed by atoms with Gasteiger partial charge in [0.05, 0.1) is 19.8 Å². The summed E-state index contributed by atoms with van der Waals surface area (Å²) in [6, 6.07) is 0.419. The van der Waals surface area contributed by atoms with Gasteiger partial charge in [-0.2, -0.15) is 0 Å². The molecule has 1 unspecified atom stereocenters. The van der Waals surface area contributed by atoms with E-state index < -0.39 is 0 Å². The molecule has 0 aliphatic heterocycles. The minimum atomic E-state index is 0.419. The highest BCUT2D eigenvalue weighted by atomic mass is 16.5. The fraction of sp³-hybridized carbons (Fsp3) is 1.00. The third-order valence-electron chi connectivity index (χ3n) is 2.49. The summed E-state index contributed by atoms with van der Waals surface area (Å²) in [7, 11) is 5.84. The molecule has 4 nitrogen and oxygen atoms in total. The second kappa shape index (κ2) is 10.0. The molecule has 0 saturated heterocycles. The van der Waals surface area contributed by atoms with E-state index >= 15 is 0 Å². The molecule has 0 spiro atoms. The Balaban J connectivity index is 3.40. The monoisotopic (exact) mass is 232 g/mol. The minimum Gasteiger partial charge on any atom is -0.383 e. The lowest BCUT2D eigenvalue weighted by atomic mass is 10.1. The first-order chi connectivity index (χ1) is 7.57. The van der Waals surface area contributed by atoms with Crippen LogP contribution in [-0.2, 0) is 9.47 Å². The van der Waals surface area contributed by atoms with Crippen molar-refractivity contribution in [1.29, 1.82) is 0 Å². The molecule has 0 aromatic rings. The van der Waals surface area contributed by atoms with E-state index in [4.69, 9.17) is 9.47 Å². The number of methoxy groups -OCH3 is 1. The third-order valence-corrected chi connectivity index (χ3v) is 2.49. The molecule has 0 aromatic carbocycles. The molecule has 98 valence electrons. The highest BCUT2D eigenvalue weighted by Gasteiger charge is 2.11. The molecule has 4 heteroatoms. The molecular weight excluding hydrogens is 204 g/mol. The molecule has 0 amide bonds. The van der Waals surface area contributed by atoms with Crippen molar-refractivity contribution >= 4 is 0 Å². The molecule has 0 aliphatic carbocycles. The van der Waals surface area contributed by atoms with Gasteiger partial charge in [-0.3, -0.25) is 0 Å². The van der Waals surface area contributed by atoms with E-state index in [9.17, 15) is 0 Å². The van der Waals surface area contributed by atoms with Crippen molar-refractivity contribution in [1.82, 2.24) is 10.2 Å². The summed E-state index contributed by atoms with van der Waals surface area (Å²) in [5.41, 5.74) is 0. The molecular formula is C12H28N2O2. The van der Waals surface area contributed by atoms with Crippen LogP contribution in [0.2, 0.25) is 0 Å². The van der Waals surface area contributed by atoms with Crippen LogP contribution in [-0.4, -0.2) is 65.1 Å². The maximum atomic E-state index is 5.51. The summed E-state index contributed by atoms with van der Waals surface area (Å²) in [6.07, 6.45) is 0. The predicted molar refractivity (Wildman–Crippen MR) is 67.9 cm³/mol. The zero-order valence-electron chi connectivity index (χ0n) is 11.5. The lowest BCUT2D eigenvalue weighted by Gasteiger charge is -2.21. The van der Waals surface area contributed by atoms with Crippen LogP contribution in [0.15, 0.2) is 0 Å². The molecule has 1 N–H and O–H groups in total. The summed E-state index contributed by atoms with van der Waals surface area (Å²) in [6.45, 7) is 8.58. The van der Waals surface area contributed by atoms with E-state index in [1.807, 2.05) is 0 Å². The Morgan fingerprint density at radius 1 is 1.19 bits per heavy atom. The van der Waals surface area contributed by atoms with Crippen molar-refractivity contribution in [2.45, 2.75) is 19.9 Å². The van der Waals surface area contributed by atoms with Gasteiger partial charge in [-0.25, -0.2) is 0 Å². The summed E-state index contributed by atoms with van der Waals surface area (Å²) in [5.74, 6) is 0.585. The van der Waals surface area contributed by atoms with Crippen LogP contribution in [0.5, 0.6) is 0 Å². The van der Waals surface area contributed by atoms with Gasteiger partial charge in [-0.15, -0.1) is 0 Å². The van der Waals surface area contributed by atoms with E-state index in [2.05, 4.69) is 38.2 Å². The largest absolute Gasteiger partial charge is 0.383 e. The van der Waals surface area contributed by atoms with Crippen molar-refractivity contribution in [3.05, 3.63) is 0 Å². The number of ether oxygens (including phenoxy) is 2. The van der Waals surface area contributed by atoms with Crippen molar-refractivity contribution in [2.75, 3.05) is 54.1 Å². The van der Waals surface area contributed by atoms with Crippen LogP contribution in [0.1, 0.15) is 13.8 Å². The van der Waals surface area contributed by atoms with Crippen LogP contribution < -0.4 is 5.32 Å². The normalized spacial score (nSPS) is 13.7. The second-order valence-corrected chi connectivity index (χ2v) is 4.68. The van der Waals surface area contributed by atoms with E-state index in [0.29, 0.717) is 12.0 Å². The first kappa shape index (κ1) is 15.8. The maximum absolute atomic E-state index is 5.51. The van der Waals surface area contributed by atoms with E-state index in [-0.39, 0.29) is 0 Å². The number of hydrogen-bond acceptors (Lipinski definition) is 4. The standard InChI is InChI=1S/C12H28N2O2/c1-11(2)12(10-15-5)13-6-8-16-9-7-14(3)4/h11-13H,6-10H2,1-5H3. The van der Waals surface area contributed by atoms with Gasteiger partial charge in [0.1, 0.15) is 0 Å². The molecule has 0 aliphatic rings. The molecule has 0 bridgehead atoms. The van der Waals surface area contributed by atoms with Crippen molar-refractivity contribution in [3.63, 3.8) is 0 Å². The Morgan fingerprint density at radius 2 is 1.88 bits per heavy atom. The van der Waals surface area contributed by atoms with E-state index in [1.54, 1.807) is 7.11 Å². The number of nitrogens with zero attached hydrogens (tertiary/aromatic N) is 1. The summed E-state index contributed by atoms with van der Waals surface area (Å²) < 4.78 is 10.7. The Kier molecular flexibility index (Phi) is 9.92. The van der Waals surface area contributed by atoms with Crippen LogP contribution in [0.25, 0.3) is 0 Å². The Morgan fingerprint density at radius 3 is 2.38 bits per heavy atom. The average molecular weight is 232 g/mol. The zero-order valence-corrected chi connectivity index (χ0v) is 11.5. The Labute approximate surface area is 100 Å². The van der Waals surface area contributed by atoms with Gasteiger partial charge in [0.15, 0.2) is 0 Å². The molecule has 0 saturated carbocycles. The van der Waals surface area contributed by atoms with Gasteiger partial charge < -0.3 is 19.7 Å². The molecule has 0 heterocycles. The van der Waals surface area contributed by atoms with Crippen molar-refractivity contribution < 1.29 is 9.47 Å². The molecule has 0 fully saturated rings. The van der Waals surface area contributed by atoms with Crippen molar-refractivity contribution in [3.8, 4) is 0 Å². The topological polar surface area (TPSA) is 33.7 Å². The summed E-state index contributed by atoms with van der Waals surface area (Å²) >= 11 is 0. The molecule has 0 rings (SSSR count). The summed E-state index contributed by atoms with van der Waals surface area (Å²) in [4.78, 5) is 2.12.